The van der Waals surface area contributed by atoms with Gasteiger partial charge in [-0.3, -0.25) is 4.79 Å². The summed E-state index contributed by atoms with van der Waals surface area (Å²) in [5.74, 6) is 1.10. The van der Waals surface area contributed by atoms with E-state index in [2.05, 4.69) is 20.1 Å². The molecule has 2 saturated carbocycles. The minimum Gasteiger partial charge on any atom is -0.378 e. The minimum absolute atomic E-state index is 0.0572. The molecule has 1 amide bonds. The highest BCUT2D eigenvalue weighted by Gasteiger charge is 2.45. The van der Waals surface area contributed by atoms with Gasteiger partial charge in [-0.05, 0) is 74.3 Å². The number of anilines is 3. The number of rotatable bonds is 6. The fourth-order valence-electron chi connectivity index (χ4n) is 5.29. The smallest absolute Gasteiger partial charge is 0.258 e. The van der Waals surface area contributed by atoms with Crippen LogP contribution in [0.5, 0.6) is 0 Å². The molecule has 8 nitrogen and oxygen atoms in total. The predicted molar refractivity (Wildman–Crippen MR) is 137 cm³/mol. The van der Waals surface area contributed by atoms with Gasteiger partial charge in [-0.25, -0.2) is 14.0 Å². The zero-order chi connectivity index (χ0) is 24.0. The number of ether oxygens (including phenoxy) is 1. The first-order valence-electron chi connectivity index (χ1n) is 12.7. The van der Waals surface area contributed by atoms with Gasteiger partial charge in [0.25, 0.3) is 5.91 Å². The van der Waals surface area contributed by atoms with Crippen LogP contribution < -0.4 is 15.1 Å². The standard InChI is InChI=1S/C26H33N5O3S/c27-35(33,19-4-5-19)20-6-7-21(22(18-20)30-12-10-26(8-9-26)11-13-30)25(32)29-23-2-1-3-24(28-23)31-14-16-34-17-15-31/h1-3,6-7,18-19,27H,4-5,8-17H2,(H,28,29,32). The maximum Gasteiger partial charge on any atom is 0.258 e. The van der Waals surface area contributed by atoms with Crippen LogP contribution in [0, 0.1) is 10.2 Å². The zero-order valence-corrected chi connectivity index (χ0v) is 20.8. The van der Waals surface area contributed by atoms with Gasteiger partial charge in [-0.2, -0.15) is 0 Å². The molecule has 9 heteroatoms. The zero-order valence-electron chi connectivity index (χ0n) is 20.0. The molecule has 2 aliphatic carbocycles. The predicted octanol–water partition coefficient (Wildman–Crippen LogP) is 4.12. The van der Waals surface area contributed by atoms with Crippen LogP contribution >= 0.6 is 0 Å². The van der Waals surface area contributed by atoms with Crippen molar-refractivity contribution in [2.24, 2.45) is 5.41 Å². The van der Waals surface area contributed by atoms with Gasteiger partial charge in [0.15, 0.2) is 0 Å². The number of piperidine rings is 1. The van der Waals surface area contributed by atoms with Crippen molar-refractivity contribution in [2.45, 2.75) is 48.7 Å². The lowest BCUT2D eigenvalue weighted by molar-refractivity contribution is 0.102. The first kappa shape index (κ1) is 22.8. The van der Waals surface area contributed by atoms with E-state index in [0.717, 1.165) is 63.4 Å². The second-order valence-electron chi connectivity index (χ2n) is 10.4. The molecule has 1 atom stereocenters. The molecule has 1 spiro atoms. The van der Waals surface area contributed by atoms with E-state index in [9.17, 15) is 9.00 Å². The first-order valence-corrected chi connectivity index (χ1v) is 14.3. The number of pyridine rings is 1. The van der Waals surface area contributed by atoms with Crippen molar-refractivity contribution < 1.29 is 13.7 Å². The fourth-order valence-corrected chi connectivity index (χ4v) is 7.03. The number of hydrogen-bond donors (Lipinski definition) is 2. The second-order valence-corrected chi connectivity index (χ2v) is 12.7. The lowest BCUT2D eigenvalue weighted by atomic mass is 9.93. The van der Waals surface area contributed by atoms with Crippen molar-refractivity contribution in [3.8, 4) is 0 Å². The van der Waals surface area contributed by atoms with Gasteiger partial charge in [0.05, 0.1) is 34.2 Å². The van der Waals surface area contributed by atoms with E-state index in [-0.39, 0.29) is 11.2 Å². The number of carbonyl (C=O) groups is 1. The number of amides is 1. The third-order valence-electron chi connectivity index (χ3n) is 7.99. The quantitative estimate of drug-likeness (QED) is 0.626. The van der Waals surface area contributed by atoms with Crippen LogP contribution in [-0.4, -0.2) is 59.7 Å². The second kappa shape index (κ2) is 8.78. The maximum atomic E-state index is 13.5. The summed E-state index contributed by atoms with van der Waals surface area (Å²) in [5, 5.41) is 2.93. The van der Waals surface area contributed by atoms with E-state index >= 15 is 0 Å². The van der Waals surface area contributed by atoms with Crippen LogP contribution in [0.2, 0.25) is 0 Å². The summed E-state index contributed by atoms with van der Waals surface area (Å²) in [6, 6.07) is 11.0. The van der Waals surface area contributed by atoms with Crippen molar-refractivity contribution >= 4 is 33.0 Å². The summed E-state index contributed by atoms with van der Waals surface area (Å²) in [6.07, 6.45) is 6.55. The molecule has 0 radical (unpaired) electrons. The van der Waals surface area contributed by atoms with Crippen molar-refractivity contribution in [1.29, 1.82) is 4.78 Å². The molecule has 1 aromatic heterocycles. The van der Waals surface area contributed by atoms with Gasteiger partial charge in [0.2, 0.25) is 0 Å². The average Bonchev–Trinajstić information content (AvgIpc) is 3.82. The Kier molecular flexibility index (Phi) is 5.72. The summed E-state index contributed by atoms with van der Waals surface area (Å²) < 4.78 is 27.1. The van der Waals surface area contributed by atoms with E-state index in [0.29, 0.717) is 34.9 Å². The number of carbonyl (C=O) groups excluding carboxylic acids is 1. The summed E-state index contributed by atoms with van der Waals surface area (Å²) >= 11 is 0. The van der Waals surface area contributed by atoms with E-state index in [1.807, 2.05) is 18.2 Å². The number of hydrogen-bond acceptors (Lipinski definition) is 7. The SMILES string of the molecule is N=S(=O)(c1ccc(C(=O)Nc2cccc(N3CCOCC3)n2)c(N2CCC3(CC2)CC3)c1)C1CC1. The van der Waals surface area contributed by atoms with Crippen LogP contribution in [0.4, 0.5) is 17.3 Å². The molecule has 2 aliphatic heterocycles. The van der Waals surface area contributed by atoms with Gasteiger partial charge in [-0.1, -0.05) is 6.07 Å². The third-order valence-corrected chi connectivity index (χ3v) is 10.4. The molecule has 35 heavy (non-hydrogen) atoms. The van der Waals surface area contributed by atoms with E-state index in [1.165, 1.54) is 12.8 Å². The maximum absolute atomic E-state index is 13.5. The molecular weight excluding hydrogens is 462 g/mol. The highest BCUT2D eigenvalue weighted by atomic mass is 32.2. The molecular formula is C26H33N5O3S. The molecule has 4 fully saturated rings. The number of aromatic nitrogens is 1. The van der Waals surface area contributed by atoms with Crippen molar-refractivity contribution in [2.75, 3.05) is 54.5 Å². The Hall–Kier alpha value is -2.65. The largest absolute Gasteiger partial charge is 0.378 e. The van der Waals surface area contributed by atoms with Crippen LogP contribution in [0.15, 0.2) is 41.3 Å². The van der Waals surface area contributed by atoms with Crippen molar-refractivity contribution in [3.05, 3.63) is 42.0 Å². The summed E-state index contributed by atoms with van der Waals surface area (Å²) in [7, 11) is -2.84. The van der Waals surface area contributed by atoms with Crippen LogP contribution in [0.1, 0.15) is 48.9 Å². The van der Waals surface area contributed by atoms with Crippen molar-refractivity contribution in [1.82, 2.24) is 4.98 Å². The fraction of sp³-hybridized carbons (Fsp3) is 0.538. The molecule has 6 rings (SSSR count). The van der Waals surface area contributed by atoms with Gasteiger partial charge in [0, 0.05) is 36.3 Å². The van der Waals surface area contributed by atoms with Crippen LogP contribution in [0.3, 0.4) is 0 Å². The first-order chi connectivity index (χ1) is 16.9. The van der Waals surface area contributed by atoms with Crippen molar-refractivity contribution in [3.63, 3.8) is 0 Å². The Labute approximate surface area is 207 Å². The summed E-state index contributed by atoms with van der Waals surface area (Å²) in [6.45, 7) is 4.67. The average molecular weight is 496 g/mol. The van der Waals surface area contributed by atoms with Crippen LogP contribution in [-0.2, 0) is 14.5 Å². The molecule has 3 heterocycles. The Morgan fingerprint density at radius 3 is 2.46 bits per heavy atom. The Bertz CT molecular complexity index is 1220. The number of benzene rings is 1. The monoisotopic (exact) mass is 495 g/mol. The van der Waals surface area contributed by atoms with Crippen LogP contribution in [0.25, 0.3) is 0 Å². The lowest BCUT2D eigenvalue weighted by Crippen LogP contribution is -2.37. The van der Waals surface area contributed by atoms with Gasteiger partial charge in [-0.15, -0.1) is 0 Å². The molecule has 4 aliphatic rings. The molecule has 2 N–H and O–H groups in total. The Morgan fingerprint density at radius 2 is 1.77 bits per heavy atom. The molecule has 186 valence electrons. The van der Waals surface area contributed by atoms with Gasteiger partial charge >= 0.3 is 0 Å². The van der Waals surface area contributed by atoms with Gasteiger partial charge in [0.1, 0.15) is 11.6 Å². The minimum atomic E-state index is -2.84. The number of nitrogens with one attached hydrogen (secondary N) is 2. The number of morpholine rings is 1. The highest BCUT2D eigenvalue weighted by Crippen LogP contribution is 2.54. The third kappa shape index (κ3) is 4.63. The number of nitrogens with zero attached hydrogens (tertiary/aromatic N) is 3. The normalized spacial score (nSPS) is 23.1. The topological polar surface area (TPSA) is 98.6 Å². The Balaban J connectivity index is 1.27. The molecule has 1 aromatic carbocycles. The molecule has 2 saturated heterocycles. The molecule has 0 bridgehead atoms. The molecule has 1 unspecified atom stereocenters. The Morgan fingerprint density at radius 1 is 1.03 bits per heavy atom. The van der Waals surface area contributed by atoms with E-state index in [4.69, 9.17) is 9.52 Å². The lowest BCUT2D eigenvalue weighted by Gasteiger charge is -2.35. The van der Waals surface area contributed by atoms with E-state index in [1.54, 1.807) is 18.2 Å². The highest BCUT2D eigenvalue weighted by molar-refractivity contribution is 7.93. The van der Waals surface area contributed by atoms with Gasteiger partial charge < -0.3 is 19.9 Å². The summed E-state index contributed by atoms with van der Waals surface area (Å²) in [5.41, 5.74) is 1.85. The molecule has 2 aromatic rings. The van der Waals surface area contributed by atoms with E-state index < -0.39 is 9.73 Å². The summed E-state index contributed by atoms with van der Waals surface area (Å²) in [4.78, 5) is 23.1.